The van der Waals surface area contributed by atoms with Gasteiger partial charge in [-0.1, -0.05) is 23.2 Å². The van der Waals surface area contributed by atoms with Gasteiger partial charge in [0.25, 0.3) is 5.91 Å². The zero-order valence-corrected chi connectivity index (χ0v) is 11.0. The Bertz CT molecular complexity index is 394. The van der Waals surface area contributed by atoms with Crippen LogP contribution in [-0.2, 0) is 9.47 Å². The fraction of sp³-hybridized carbons (Fsp3) is 0.364. The van der Waals surface area contributed by atoms with Crippen molar-refractivity contribution in [3.8, 4) is 0 Å². The maximum absolute atomic E-state index is 11.8. The molecule has 0 aliphatic heterocycles. The molecule has 0 aliphatic carbocycles. The van der Waals surface area contributed by atoms with E-state index < -0.39 is 6.29 Å². The lowest BCUT2D eigenvalue weighted by molar-refractivity contribution is -0.0974. The van der Waals surface area contributed by atoms with Crippen LogP contribution in [0.1, 0.15) is 10.4 Å². The molecule has 6 heteroatoms. The molecule has 0 saturated carbocycles. The summed E-state index contributed by atoms with van der Waals surface area (Å²) < 4.78 is 9.89. The van der Waals surface area contributed by atoms with Gasteiger partial charge in [0, 0.05) is 19.2 Å². The number of rotatable bonds is 5. The van der Waals surface area contributed by atoms with E-state index in [0.717, 1.165) is 0 Å². The van der Waals surface area contributed by atoms with Gasteiger partial charge in [-0.3, -0.25) is 4.79 Å². The molecule has 0 spiro atoms. The summed E-state index contributed by atoms with van der Waals surface area (Å²) in [7, 11) is 2.99. The number of nitrogens with one attached hydrogen (secondary N) is 1. The zero-order valence-electron chi connectivity index (χ0n) is 9.50. The average Bonchev–Trinajstić information content (AvgIpc) is 2.30. The topological polar surface area (TPSA) is 47.6 Å². The van der Waals surface area contributed by atoms with Crippen molar-refractivity contribution in [1.82, 2.24) is 5.32 Å². The largest absolute Gasteiger partial charge is 0.354 e. The molecule has 1 N–H and O–H groups in total. The molecule has 0 aromatic heterocycles. The second-order valence-corrected chi connectivity index (χ2v) is 4.08. The van der Waals surface area contributed by atoms with Crippen molar-refractivity contribution < 1.29 is 14.3 Å². The van der Waals surface area contributed by atoms with Crippen LogP contribution in [0.25, 0.3) is 0 Å². The molecular formula is C11H13Cl2NO3. The molecule has 1 rings (SSSR count). The predicted octanol–water partition coefficient (Wildman–Crippen LogP) is 2.34. The molecule has 1 aromatic carbocycles. The molecule has 0 saturated heterocycles. The van der Waals surface area contributed by atoms with E-state index in [9.17, 15) is 4.79 Å². The van der Waals surface area contributed by atoms with Crippen molar-refractivity contribution in [3.63, 3.8) is 0 Å². The lowest BCUT2D eigenvalue weighted by atomic mass is 10.2. The van der Waals surface area contributed by atoms with Crippen molar-refractivity contribution in [2.24, 2.45) is 0 Å². The predicted molar refractivity (Wildman–Crippen MR) is 66.6 cm³/mol. The van der Waals surface area contributed by atoms with E-state index in [1.54, 1.807) is 12.1 Å². The molecule has 1 aromatic rings. The van der Waals surface area contributed by atoms with Crippen LogP contribution < -0.4 is 5.32 Å². The Morgan fingerprint density at radius 1 is 1.35 bits per heavy atom. The molecule has 0 bridgehead atoms. The van der Waals surface area contributed by atoms with Gasteiger partial charge in [-0.2, -0.15) is 0 Å². The number of carbonyl (C=O) groups is 1. The Hall–Kier alpha value is -0.810. The van der Waals surface area contributed by atoms with Crippen LogP contribution in [0.5, 0.6) is 0 Å². The fourth-order valence-electron chi connectivity index (χ4n) is 1.21. The average molecular weight is 278 g/mol. The van der Waals surface area contributed by atoms with Crippen molar-refractivity contribution in [1.29, 1.82) is 0 Å². The quantitative estimate of drug-likeness (QED) is 0.841. The smallest absolute Gasteiger partial charge is 0.252 e. The van der Waals surface area contributed by atoms with Gasteiger partial charge >= 0.3 is 0 Å². The number of amides is 1. The minimum atomic E-state index is -0.481. The molecule has 0 heterocycles. The standard InChI is InChI=1S/C11H13Cl2NO3/c1-16-10(17-2)6-14-11(15)8-4-3-7(12)5-9(8)13/h3-5,10H,6H2,1-2H3,(H,14,15). The Labute approximate surface area is 110 Å². The third kappa shape index (κ3) is 4.16. The summed E-state index contributed by atoms with van der Waals surface area (Å²) in [5.74, 6) is -0.300. The summed E-state index contributed by atoms with van der Waals surface area (Å²) in [5, 5.41) is 3.44. The SMILES string of the molecule is COC(CNC(=O)c1ccc(Cl)cc1Cl)OC. The number of hydrogen-bond donors (Lipinski definition) is 1. The summed E-state index contributed by atoms with van der Waals surface area (Å²) in [6.07, 6.45) is -0.481. The van der Waals surface area contributed by atoms with Gasteiger partial charge in [-0.25, -0.2) is 0 Å². The lowest BCUT2D eigenvalue weighted by Gasteiger charge is -2.14. The van der Waals surface area contributed by atoms with E-state index in [-0.39, 0.29) is 12.5 Å². The summed E-state index contributed by atoms with van der Waals surface area (Å²) in [4.78, 5) is 11.8. The zero-order chi connectivity index (χ0) is 12.8. The molecular weight excluding hydrogens is 265 g/mol. The maximum Gasteiger partial charge on any atom is 0.252 e. The molecule has 94 valence electrons. The second-order valence-electron chi connectivity index (χ2n) is 3.24. The Morgan fingerprint density at radius 2 is 2.00 bits per heavy atom. The van der Waals surface area contributed by atoms with Gasteiger partial charge in [-0.15, -0.1) is 0 Å². The van der Waals surface area contributed by atoms with Gasteiger partial charge in [0.1, 0.15) is 0 Å². The van der Waals surface area contributed by atoms with Gasteiger partial charge in [0.05, 0.1) is 17.1 Å². The lowest BCUT2D eigenvalue weighted by Crippen LogP contribution is -2.34. The summed E-state index contributed by atoms with van der Waals surface area (Å²) >= 11 is 11.6. The highest BCUT2D eigenvalue weighted by Crippen LogP contribution is 2.20. The highest BCUT2D eigenvalue weighted by molar-refractivity contribution is 6.36. The van der Waals surface area contributed by atoms with Crippen molar-refractivity contribution in [2.75, 3.05) is 20.8 Å². The molecule has 4 nitrogen and oxygen atoms in total. The van der Waals surface area contributed by atoms with Crippen LogP contribution >= 0.6 is 23.2 Å². The number of carbonyl (C=O) groups excluding carboxylic acids is 1. The van der Waals surface area contributed by atoms with Crippen LogP contribution in [0.3, 0.4) is 0 Å². The molecule has 0 fully saturated rings. The third-order valence-electron chi connectivity index (χ3n) is 2.13. The van der Waals surface area contributed by atoms with Crippen molar-refractivity contribution in [2.45, 2.75) is 6.29 Å². The van der Waals surface area contributed by atoms with Crippen molar-refractivity contribution >= 4 is 29.1 Å². The van der Waals surface area contributed by atoms with Gasteiger partial charge in [0.2, 0.25) is 0 Å². The second kappa shape index (κ2) is 6.81. The minimum Gasteiger partial charge on any atom is -0.354 e. The Balaban J connectivity index is 2.64. The van der Waals surface area contributed by atoms with E-state index in [1.165, 1.54) is 20.3 Å². The first-order chi connectivity index (χ1) is 8.08. The maximum atomic E-state index is 11.8. The Kier molecular flexibility index (Phi) is 5.71. The third-order valence-corrected chi connectivity index (χ3v) is 2.68. The van der Waals surface area contributed by atoms with Crippen LogP contribution in [0.2, 0.25) is 10.0 Å². The number of hydrogen-bond acceptors (Lipinski definition) is 3. The number of halogens is 2. The van der Waals surface area contributed by atoms with E-state index >= 15 is 0 Å². The molecule has 0 unspecified atom stereocenters. The van der Waals surface area contributed by atoms with Crippen LogP contribution in [0.4, 0.5) is 0 Å². The van der Waals surface area contributed by atoms with Crippen LogP contribution in [-0.4, -0.2) is 33.0 Å². The normalized spacial score (nSPS) is 10.6. The Morgan fingerprint density at radius 3 is 2.53 bits per heavy atom. The van der Waals surface area contributed by atoms with Crippen LogP contribution in [0.15, 0.2) is 18.2 Å². The first-order valence-electron chi connectivity index (χ1n) is 4.87. The molecule has 0 atom stereocenters. The van der Waals surface area contributed by atoms with Gasteiger partial charge < -0.3 is 14.8 Å². The highest BCUT2D eigenvalue weighted by atomic mass is 35.5. The monoisotopic (exact) mass is 277 g/mol. The van der Waals surface area contributed by atoms with Crippen LogP contribution in [0, 0.1) is 0 Å². The fourth-order valence-corrected chi connectivity index (χ4v) is 1.70. The summed E-state index contributed by atoms with van der Waals surface area (Å²) in [6.45, 7) is 0.241. The molecule has 1 amide bonds. The first kappa shape index (κ1) is 14.3. The molecule has 17 heavy (non-hydrogen) atoms. The summed E-state index contributed by atoms with van der Waals surface area (Å²) in [6, 6.07) is 4.68. The van der Waals surface area contributed by atoms with E-state index in [1.807, 2.05) is 0 Å². The first-order valence-corrected chi connectivity index (χ1v) is 5.63. The van der Waals surface area contributed by atoms with E-state index in [2.05, 4.69) is 5.32 Å². The number of benzene rings is 1. The minimum absolute atomic E-state index is 0.241. The highest BCUT2D eigenvalue weighted by Gasteiger charge is 2.12. The van der Waals surface area contributed by atoms with Gasteiger partial charge in [0.15, 0.2) is 6.29 Å². The van der Waals surface area contributed by atoms with E-state index in [0.29, 0.717) is 15.6 Å². The molecule has 0 aliphatic rings. The summed E-state index contributed by atoms with van der Waals surface area (Å²) in [5.41, 5.74) is 0.363. The van der Waals surface area contributed by atoms with Crippen molar-refractivity contribution in [3.05, 3.63) is 33.8 Å². The molecule has 0 radical (unpaired) electrons. The number of ether oxygens (including phenoxy) is 2. The van der Waals surface area contributed by atoms with E-state index in [4.69, 9.17) is 32.7 Å². The van der Waals surface area contributed by atoms with Gasteiger partial charge in [-0.05, 0) is 18.2 Å². The number of methoxy groups -OCH3 is 2.